The number of aryl methyl sites for hydroxylation is 1. The molecule has 0 spiro atoms. The summed E-state index contributed by atoms with van der Waals surface area (Å²) in [4.78, 5) is 11.0. The third kappa shape index (κ3) is 2.99. The fourth-order valence-electron chi connectivity index (χ4n) is 1.12. The van der Waals surface area contributed by atoms with Crippen molar-refractivity contribution >= 4 is 11.7 Å². The summed E-state index contributed by atoms with van der Waals surface area (Å²) >= 11 is 0. The van der Waals surface area contributed by atoms with Crippen molar-refractivity contribution < 1.29 is 13.9 Å². The molecule has 0 heterocycles. The van der Waals surface area contributed by atoms with E-state index in [4.69, 9.17) is 5.73 Å². The monoisotopic (exact) mass is 221 g/mol. The molecule has 0 amide bonds. The van der Waals surface area contributed by atoms with Gasteiger partial charge in [0.1, 0.15) is 5.82 Å². The highest BCUT2D eigenvalue weighted by Gasteiger charge is 2.03. The number of rotatable bonds is 1. The highest BCUT2D eigenvalue weighted by atomic mass is 19.1. The Morgan fingerprint density at radius 1 is 1.56 bits per heavy atom. The van der Waals surface area contributed by atoms with Crippen LogP contribution in [0.25, 0.3) is 0 Å². The summed E-state index contributed by atoms with van der Waals surface area (Å²) in [5, 5.41) is 0. The largest absolute Gasteiger partial charge is 0.456 e. The fourth-order valence-corrected chi connectivity index (χ4v) is 1.12. The lowest BCUT2D eigenvalue weighted by molar-refractivity contribution is -0.136. The zero-order chi connectivity index (χ0) is 12.1. The van der Waals surface area contributed by atoms with Crippen LogP contribution in [0.1, 0.15) is 18.1 Å². The summed E-state index contributed by atoms with van der Waals surface area (Å²) in [6, 6.07) is 2.68. The van der Waals surface area contributed by atoms with Gasteiger partial charge in [-0.05, 0) is 31.5 Å². The second-order valence-electron chi connectivity index (χ2n) is 3.16. The fraction of sp³-hybridized carbons (Fsp3) is 0.250. The van der Waals surface area contributed by atoms with Gasteiger partial charge in [-0.2, -0.15) is 0 Å². The second kappa shape index (κ2) is 5.17. The van der Waals surface area contributed by atoms with Gasteiger partial charge in [-0.25, -0.2) is 9.18 Å². The van der Waals surface area contributed by atoms with E-state index in [2.05, 4.69) is 16.6 Å². The molecule has 0 atom stereocenters. The van der Waals surface area contributed by atoms with Crippen LogP contribution < -0.4 is 5.73 Å². The van der Waals surface area contributed by atoms with Crippen molar-refractivity contribution in [3.8, 4) is 11.8 Å². The molecule has 0 saturated heterocycles. The van der Waals surface area contributed by atoms with Crippen molar-refractivity contribution in [2.75, 3.05) is 12.3 Å². The van der Waals surface area contributed by atoms with Crippen molar-refractivity contribution in [2.45, 2.75) is 13.8 Å². The van der Waals surface area contributed by atoms with Crippen molar-refractivity contribution in [3.05, 3.63) is 29.1 Å². The van der Waals surface area contributed by atoms with Crippen molar-refractivity contribution in [3.63, 3.8) is 0 Å². The Morgan fingerprint density at radius 3 is 2.88 bits per heavy atom. The molecule has 0 aliphatic rings. The molecule has 0 aliphatic heterocycles. The molecule has 3 nitrogen and oxygen atoms in total. The Kier molecular flexibility index (Phi) is 3.90. The van der Waals surface area contributed by atoms with Crippen LogP contribution in [0.3, 0.4) is 0 Å². The Hall–Kier alpha value is -2.02. The lowest BCUT2D eigenvalue weighted by atomic mass is 10.1. The Labute approximate surface area is 93.4 Å². The molecule has 16 heavy (non-hydrogen) atoms. The van der Waals surface area contributed by atoms with Gasteiger partial charge in [0.15, 0.2) is 0 Å². The molecular weight excluding hydrogens is 209 g/mol. The van der Waals surface area contributed by atoms with Crippen LogP contribution in [0.5, 0.6) is 0 Å². The number of ether oxygens (including phenoxy) is 1. The van der Waals surface area contributed by atoms with E-state index in [-0.39, 0.29) is 12.3 Å². The molecule has 1 aromatic rings. The van der Waals surface area contributed by atoms with Crippen molar-refractivity contribution in [1.82, 2.24) is 0 Å². The number of carbonyl (C=O) groups is 1. The first-order chi connectivity index (χ1) is 7.54. The summed E-state index contributed by atoms with van der Waals surface area (Å²) in [5.41, 5.74) is 6.60. The SMILES string of the molecule is CCOC(=O)C#Cc1cc(F)c(N)cc1C. The van der Waals surface area contributed by atoms with E-state index in [0.29, 0.717) is 5.56 Å². The molecule has 0 bridgehead atoms. The second-order valence-corrected chi connectivity index (χ2v) is 3.16. The van der Waals surface area contributed by atoms with Gasteiger partial charge in [0, 0.05) is 11.5 Å². The van der Waals surface area contributed by atoms with Gasteiger partial charge in [0.05, 0.1) is 12.3 Å². The highest BCUT2D eigenvalue weighted by Crippen LogP contribution is 2.15. The normalized spacial score (nSPS) is 9.19. The Balaban J connectivity index is 2.97. The van der Waals surface area contributed by atoms with Crippen molar-refractivity contribution in [2.24, 2.45) is 0 Å². The summed E-state index contributed by atoms with van der Waals surface area (Å²) in [7, 11) is 0. The summed E-state index contributed by atoms with van der Waals surface area (Å²) in [6.45, 7) is 3.70. The predicted molar refractivity (Wildman–Crippen MR) is 59.1 cm³/mol. The number of halogens is 1. The highest BCUT2D eigenvalue weighted by molar-refractivity contribution is 5.89. The van der Waals surface area contributed by atoms with Crippen LogP contribution in [0.15, 0.2) is 12.1 Å². The van der Waals surface area contributed by atoms with E-state index in [9.17, 15) is 9.18 Å². The number of esters is 1. The Morgan fingerprint density at radius 2 is 2.25 bits per heavy atom. The Bertz CT molecular complexity index is 472. The van der Waals surface area contributed by atoms with E-state index in [1.165, 1.54) is 12.1 Å². The zero-order valence-electron chi connectivity index (χ0n) is 9.13. The maximum absolute atomic E-state index is 13.1. The van der Waals surface area contributed by atoms with Crippen LogP contribution in [0, 0.1) is 24.6 Å². The third-order valence-corrected chi connectivity index (χ3v) is 1.92. The molecular formula is C12H12FNO2. The first kappa shape index (κ1) is 12.1. The molecule has 2 N–H and O–H groups in total. The molecule has 0 fully saturated rings. The average molecular weight is 221 g/mol. The zero-order valence-corrected chi connectivity index (χ0v) is 9.13. The van der Waals surface area contributed by atoms with Gasteiger partial charge in [-0.1, -0.05) is 5.92 Å². The maximum atomic E-state index is 13.1. The standard InChI is InChI=1S/C12H12FNO2/c1-3-16-12(15)5-4-9-7-10(13)11(14)6-8(9)2/h6-7H,3,14H2,1-2H3. The van der Waals surface area contributed by atoms with Crippen LogP contribution in [0.4, 0.5) is 10.1 Å². The summed E-state index contributed by atoms with van der Waals surface area (Å²) < 4.78 is 17.7. The van der Waals surface area contributed by atoms with E-state index >= 15 is 0 Å². The summed E-state index contributed by atoms with van der Waals surface area (Å²) in [5.74, 6) is 3.65. The van der Waals surface area contributed by atoms with Crippen LogP contribution in [-0.2, 0) is 9.53 Å². The van der Waals surface area contributed by atoms with E-state index in [0.717, 1.165) is 5.56 Å². The molecule has 0 aromatic heterocycles. The molecule has 0 aliphatic carbocycles. The molecule has 1 aromatic carbocycles. The lowest BCUT2D eigenvalue weighted by Gasteiger charge is -2.01. The minimum absolute atomic E-state index is 0.0687. The third-order valence-electron chi connectivity index (χ3n) is 1.92. The first-order valence-corrected chi connectivity index (χ1v) is 4.79. The van der Waals surface area contributed by atoms with Gasteiger partial charge in [-0.15, -0.1) is 0 Å². The first-order valence-electron chi connectivity index (χ1n) is 4.79. The van der Waals surface area contributed by atoms with Crippen LogP contribution in [0.2, 0.25) is 0 Å². The smallest absolute Gasteiger partial charge is 0.384 e. The number of benzene rings is 1. The van der Waals surface area contributed by atoms with Gasteiger partial charge in [0.25, 0.3) is 0 Å². The number of anilines is 1. The number of nitrogen functional groups attached to an aromatic ring is 1. The molecule has 0 unspecified atom stereocenters. The number of hydrogen-bond acceptors (Lipinski definition) is 3. The molecule has 84 valence electrons. The predicted octanol–water partition coefficient (Wildman–Crippen LogP) is 1.63. The van der Waals surface area contributed by atoms with E-state index < -0.39 is 11.8 Å². The average Bonchev–Trinajstić information content (AvgIpc) is 2.22. The lowest BCUT2D eigenvalue weighted by Crippen LogP contribution is -2.00. The molecule has 0 radical (unpaired) electrons. The van der Waals surface area contributed by atoms with Gasteiger partial charge in [0.2, 0.25) is 0 Å². The summed E-state index contributed by atoms with van der Waals surface area (Å²) in [6.07, 6.45) is 0. The van der Waals surface area contributed by atoms with Crippen molar-refractivity contribution in [1.29, 1.82) is 0 Å². The minimum atomic E-state index is -0.626. The topological polar surface area (TPSA) is 52.3 Å². The number of carbonyl (C=O) groups excluding carboxylic acids is 1. The molecule has 1 rings (SSSR count). The van der Waals surface area contributed by atoms with E-state index in [1.54, 1.807) is 13.8 Å². The number of nitrogens with two attached hydrogens (primary N) is 1. The van der Waals surface area contributed by atoms with Gasteiger partial charge >= 0.3 is 5.97 Å². The van der Waals surface area contributed by atoms with Crippen LogP contribution in [-0.4, -0.2) is 12.6 Å². The minimum Gasteiger partial charge on any atom is -0.456 e. The van der Waals surface area contributed by atoms with Gasteiger partial charge in [-0.3, -0.25) is 0 Å². The van der Waals surface area contributed by atoms with Gasteiger partial charge < -0.3 is 10.5 Å². The quantitative estimate of drug-likeness (QED) is 0.445. The maximum Gasteiger partial charge on any atom is 0.384 e. The van der Waals surface area contributed by atoms with E-state index in [1.807, 2.05) is 0 Å². The molecule has 0 saturated carbocycles. The molecule has 4 heteroatoms. The number of hydrogen-bond donors (Lipinski definition) is 1. The van der Waals surface area contributed by atoms with Crippen LogP contribution >= 0.6 is 0 Å².